The minimum Gasteiger partial charge on any atom is -0.395 e. The van der Waals surface area contributed by atoms with E-state index in [1.54, 1.807) is 6.92 Å². The van der Waals surface area contributed by atoms with Crippen LogP contribution < -0.4 is 11.3 Å². The zero-order chi connectivity index (χ0) is 15.3. The molecule has 20 heavy (non-hydrogen) atoms. The summed E-state index contributed by atoms with van der Waals surface area (Å²) in [4.78, 5) is 9.84. The lowest BCUT2D eigenvalue weighted by molar-refractivity contribution is -0.384. The largest absolute Gasteiger partial charge is 0.395 e. The molecule has 0 saturated heterocycles. The third kappa shape index (κ3) is 3.22. The summed E-state index contributed by atoms with van der Waals surface area (Å²) in [6.07, 6.45) is 0. The topological polar surface area (TPSA) is 139 Å². The van der Waals surface area contributed by atoms with E-state index in [-0.39, 0.29) is 36.0 Å². The molecule has 0 heterocycles. The average molecular weight is 304 g/mol. The Morgan fingerprint density at radius 3 is 2.60 bits per heavy atom. The number of nitrogens with two attached hydrogens (primary N) is 1. The van der Waals surface area contributed by atoms with E-state index in [1.807, 2.05) is 0 Å². The lowest BCUT2D eigenvalue weighted by Gasteiger charge is -2.20. The van der Waals surface area contributed by atoms with E-state index in [1.165, 1.54) is 0 Å². The molecule has 0 unspecified atom stereocenters. The van der Waals surface area contributed by atoms with Crippen molar-refractivity contribution >= 4 is 21.4 Å². The molecule has 0 aliphatic heterocycles. The Labute approximate surface area is 116 Å². The molecule has 0 fully saturated rings. The number of aliphatic hydroxyl groups excluding tert-OH is 1. The maximum absolute atomic E-state index is 12.4. The van der Waals surface area contributed by atoms with Crippen molar-refractivity contribution in [1.29, 1.82) is 0 Å². The number of nitrogen functional groups attached to an aromatic ring is 1. The maximum Gasteiger partial charge on any atom is 0.271 e. The molecule has 9 nitrogen and oxygen atoms in total. The van der Waals surface area contributed by atoms with E-state index < -0.39 is 14.9 Å². The summed E-state index contributed by atoms with van der Waals surface area (Å²) in [6, 6.07) is 3.24. The van der Waals surface area contributed by atoms with E-state index >= 15 is 0 Å². The van der Waals surface area contributed by atoms with Gasteiger partial charge < -0.3 is 10.5 Å². The normalized spacial score (nSPS) is 11.6. The quantitative estimate of drug-likeness (QED) is 0.362. The van der Waals surface area contributed by atoms with Crippen molar-refractivity contribution in [3.05, 3.63) is 28.3 Å². The SMILES string of the molecule is CCN(CCO)S(=O)(=O)c1ccc([N+](=O)[O-])cc1NN. The Bertz CT molecular complexity index is 589. The second-order valence-electron chi connectivity index (χ2n) is 3.80. The smallest absolute Gasteiger partial charge is 0.271 e. The average Bonchev–Trinajstić information content (AvgIpc) is 2.43. The molecular weight excluding hydrogens is 288 g/mol. The van der Waals surface area contributed by atoms with Crippen molar-refractivity contribution in [3.8, 4) is 0 Å². The number of hydrazine groups is 1. The minimum atomic E-state index is -3.89. The molecule has 0 bridgehead atoms. The fourth-order valence-electron chi connectivity index (χ4n) is 1.67. The van der Waals surface area contributed by atoms with Crippen molar-refractivity contribution in [1.82, 2.24) is 4.31 Å². The number of nitrogens with one attached hydrogen (secondary N) is 1. The van der Waals surface area contributed by atoms with E-state index in [2.05, 4.69) is 5.43 Å². The number of nitrogens with zero attached hydrogens (tertiary/aromatic N) is 2. The van der Waals surface area contributed by atoms with Crippen LogP contribution in [0.4, 0.5) is 11.4 Å². The van der Waals surface area contributed by atoms with Crippen LogP contribution in [0.25, 0.3) is 0 Å². The Hall–Kier alpha value is -1.75. The predicted octanol–water partition coefficient (Wildman–Crippen LogP) is -0.117. The van der Waals surface area contributed by atoms with Crippen molar-refractivity contribution < 1.29 is 18.4 Å². The van der Waals surface area contributed by atoms with Crippen LogP contribution in [-0.2, 0) is 10.0 Å². The van der Waals surface area contributed by atoms with Crippen LogP contribution in [0.3, 0.4) is 0 Å². The van der Waals surface area contributed by atoms with Crippen LogP contribution in [0.2, 0.25) is 0 Å². The number of nitro benzene ring substituents is 1. The summed E-state index contributed by atoms with van der Waals surface area (Å²) in [5.74, 6) is 5.23. The highest BCUT2D eigenvalue weighted by molar-refractivity contribution is 7.89. The summed E-state index contributed by atoms with van der Waals surface area (Å²) in [5, 5.41) is 19.6. The minimum absolute atomic E-state index is 0.0696. The van der Waals surface area contributed by atoms with Crippen LogP contribution in [-0.4, -0.2) is 42.4 Å². The number of rotatable bonds is 7. The number of sulfonamides is 1. The summed E-state index contributed by atoms with van der Waals surface area (Å²) in [7, 11) is -3.89. The molecule has 10 heteroatoms. The van der Waals surface area contributed by atoms with Gasteiger partial charge in [0.2, 0.25) is 10.0 Å². The van der Waals surface area contributed by atoms with Gasteiger partial charge in [-0.05, 0) is 6.07 Å². The molecule has 0 aliphatic rings. The Kier molecular flexibility index (Phi) is 5.39. The van der Waals surface area contributed by atoms with Gasteiger partial charge in [0.25, 0.3) is 5.69 Å². The van der Waals surface area contributed by atoms with Crippen molar-refractivity contribution in [2.24, 2.45) is 5.84 Å². The molecule has 0 aliphatic carbocycles. The lowest BCUT2D eigenvalue weighted by Crippen LogP contribution is -2.34. The van der Waals surface area contributed by atoms with Gasteiger partial charge in [-0.3, -0.25) is 16.0 Å². The summed E-state index contributed by atoms with van der Waals surface area (Å²) in [5.41, 5.74) is 1.80. The van der Waals surface area contributed by atoms with E-state index in [9.17, 15) is 18.5 Å². The third-order valence-corrected chi connectivity index (χ3v) is 4.68. The first-order valence-corrected chi connectivity index (χ1v) is 7.18. The first-order chi connectivity index (χ1) is 9.38. The lowest BCUT2D eigenvalue weighted by atomic mass is 10.3. The van der Waals surface area contributed by atoms with Crippen molar-refractivity contribution in [2.45, 2.75) is 11.8 Å². The Morgan fingerprint density at radius 2 is 2.15 bits per heavy atom. The molecule has 1 aromatic carbocycles. The Balaban J connectivity index is 3.34. The fraction of sp³-hybridized carbons (Fsp3) is 0.400. The van der Waals surface area contributed by atoms with E-state index in [0.717, 1.165) is 22.5 Å². The van der Waals surface area contributed by atoms with Crippen LogP contribution in [0.15, 0.2) is 23.1 Å². The van der Waals surface area contributed by atoms with Gasteiger partial charge in [0.15, 0.2) is 0 Å². The van der Waals surface area contributed by atoms with Crippen LogP contribution in [0.1, 0.15) is 6.92 Å². The molecule has 0 atom stereocenters. The molecule has 4 N–H and O–H groups in total. The predicted molar refractivity (Wildman–Crippen MR) is 72.4 cm³/mol. The summed E-state index contributed by atoms with van der Waals surface area (Å²) in [6.45, 7) is 1.38. The first kappa shape index (κ1) is 16.3. The highest BCUT2D eigenvalue weighted by atomic mass is 32.2. The third-order valence-electron chi connectivity index (χ3n) is 2.65. The molecule has 0 aromatic heterocycles. The molecule has 1 rings (SSSR count). The van der Waals surface area contributed by atoms with Crippen LogP contribution >= 0.6 is 0 Å². The van der Waals surface area contributed by atoms with Crippen LogP contribution in [0.5, 0.6) is 0 Å². The number of non-ortho nitro benzene ring substituents is 1. The maximum atomic E-state index is 12.4. The number of hydrogen-bond acceptors (Lipinski definition) is 7. The number of benzene rings is 1. The molecule has 0 amide bonds. The van der Waals surface area contributed by atoms with Crippen molar-refractivity contribution in [2.75, 3.05) is 25.1 Å². The van der Waals surface area contributed by atoms with Gasteiger partial charge in [-0.2, -0.15) is 4.31 Å². The van der Waals surface area contributed by atoms with Gasteiger partial charge >= 0.3 is 0 Å². The van der Waals surface area contributed by atoms with Crippen molar-refractivity contribution in [3.63, 3.8) is 0 Å². The van der Waals surface area contributed by atoms with Gasteiger partial charge in [-0.15, -0.1) is 0 Å². The molecule has 1 aromatic rings. The number of anilines is 1. The Morgan fingerprint density at radius 1 is 1.50 bits per heavy atom. The number of aliphatic hydroxyl groups is 1. The number of nitro groups is 1. The first-order valence-electron chi connectivity index (χ1n) is 5.74. The standard InChI is InChI=1S/C10H16N4O5S/c1-2-13(5-6-15)20(18,19)10-4-3-8(14(16)17)7-9(10)12-11/h3-4,7,12,15H,2,5-6,11H2,1H3. The van der Waals surface area contributed by atoms with Gasteiger partial charge in [0, 0.05) is 25.2 Å². The second kappa shape index (κ2) is 6.61. The highest BCUT2D eigenvalue weighted by Crippen LogP contribution is 2.28. The zero-order valence-corrected chi connectivity index (χ0v) is 11.6. The van der Waals surface area contributed by atoms with Gasteiger partial charge in [0.1, 0.15) is 4.90 Å². The number of hydrogen-bond donors (Lipinski definition) is 3. The van der Waals surface area contributed by atoms with E-state index in [0.29, 0.717) is 0 Å². The molecular formula is C10H16N4O5S. The van der Waals surface area contributed by atoms with Gasteiger partial charge in [-0.1, -0.05) is 6.92 Å². The molecule has 112 valence electrons. The van der Waals surface area contributed by atoms with E-state index in [4.69, 9.17) is 10.9 Å². The molecule has 0 saturated carbocycles. The summed E-state index contributed by atoms with van der Waals surface area (Å²) >= 11 is 0. The van der Waals surface area contributed by atoms with Crippen LogP contribution in [0, 0.1) is 10.1 Å². The molecule has 0 spiro atoms. The zero-order valence-electron chi connectivity index (χ0n) is 10.8. The second-order valence-corrected chi connectivity index (χ2v) is 5.71. The monoisotopic (exact) mass is 304 g/mol. The highest BCUT2D eigenvalue weighted by Gasteiger charge is 2.26. The van der Waals surface area contributed by atoms with Gasteiger partial charge in [0.05, 0.1) is 17.2 Å². The summed E-state index contributed by atoms with van der Waals surface area (Å²) < 4.78 is 25.8. The number of likely N-dealkylation sites (N-methyl/N-ethyl adjacent to an activating group) is 1. The fourth-order valence-corrected chi connectivity index (χ4v) is 3.24. The molecule has 0 radical (unpaired) electrons. The van der Waals surface area contributed by atoms with Gasteiger partial charge in [-0.25, -0.2) is 8.42 Å².